The lowest BCUT2D eigenvalue weighted by molar-refractivity contribution is 0.130. The maximum absolute atomic E-state index is 13.5. The lowest BCUT2D eigenvalue weighted by Gasteiger charge is -2.27. The molecule has 2 aromatic carbocycles. The van der Waals surface area contributed by atoms with Gasteiger partial charge in [-0.3, -0.25) is 0 Å². The Kier molecular flexibility index (Phi) is 4.32. The van der Waals surface area contributed by atoms with Gasteiger partial charge in [-0.05, 0) is 17.7 Å². The Balaban J connectivity index is 2.15. The van der Waals surface area contributed by atoms with E-state index in [-0.39, 0.29) is 19.0 Å². The summed E-state index contributed by atoms with van der Waals surface area (Å²) in [5.74, 6) is -1.59. The van der Waals surface area contributed by atoms with Crippen molar-refractivity contribution in [2.45, 2.75) is 5.54 Å². The van der Waals surface area contributed by atoms with E-state index in [0.717, 1.165) is 12.1 Å². The zero-order chi connectivity index (χ0) is 14.6. The summed E-state index contributed by atoms with van der Waals surface area (Å²) < 4.78 is 31.5. The Morgan fingerprint density at radius 1 is 1.10 bits per heavy atom. The zero-order valence-corrected chi connectivity index (χ0v) is 10.7. The summed E-state index contributed by atoms with van der Waals surface area (Å²) in [6, 6.07) is 11.9. The average molecular weight is 279 g/mol. The second kappa shape index (κ2) is 5.98. The molecule has 0 radical (unpaired) electrons. The van der Waals surface area contributed by atoms with E-state index < -0.39 is 17.2 Å². The zero-order valence-electron chi connectivity index (χ0n) is 10.7. The first-order chi connectivity index (χ1) is 9.55. The topological polar surface area (TPSA) is 55.5 Å². The van der Waals surface area contributed by atoms with Crippen molar-refractivity contribution in [3.63, 3.8) is 0 Å². The van der Waals surface area contributed by atoms with Gasteiger partial charge in [0.05, 0.1) is 12.1 Å². The third kappa shape index (κ3) is 3.12. The first-order valence-electron chi connectivity index (χ1n) is 6.08. The summed E-state index contributed by atoms with van der Waals surface area (Å²) >= 11 is 0. The summed E-state index contributed by atoms with van der Waals surface area (Å²) in [4.78, 5) is 0. The number of aliphatic hydroxyl groups excluding tert-OH is 1. The lowest BCUT2D eigenvalue weighted by Crippen LogP contribution is -2.46. The molecule has 2 rings (SSSR count). The van der Waals surface area contributed by atoms with Crippen LogP contribution in [0.1, 0.15) is 5.56 Å². The highest BCUT2D eigenvalue weighted by atomic mass is 19.1. The van der Waals surface area contributed by atoms with Gasteiger partial charge in [0.15, 0.2) is 11.6 Å². The molecule has 0 saturated heterocycles. The molecule has 20 heavy (non-hydrogen) atoms. The van der Waals surface area contributed by atoms with Crippen molar-refractivity contribution in [2.75, 3.05) is 13.2 Å². The molecule has 5 heteroatoms. The van der Waals surface area contributed by atoms with E-state index in [4.69, 9.17) is 10.5 Å². The minimum atomic E-state index is -1.15. The Bertz CT molecular complexity index is 577. The Labute approximate surface area is 115 Å². The van der Waals surface area contributed by atoms with Crippen LogP contribution >= 0.6 is 0 Å². The Hall–Kier alpha value is -1.98. The molecule has 0 saturated carbocycles. The van der Waals surface area contributed by atoms with Gasteiger partial charge in [0.25, 0.3) is 0 Å². The number of nitrogens with two attached hydrogens (primary N) is 1. The van der Waals surface area contributed by atoms with Crippen molar-refractivity contribution in [1.29, 1.82) is 0 Å². The van der Waals surface area contributed by atoms with Gasteiger partial charge in [0, 0.05) is 6.07 Å². The first kappa shape index (κ1) is 14.4. The van der Waals surface area contributed by atoms with Gasteiger partial charge in [-0.25, -0.2) is 8.78 Å². The van der Waals surface area contributed by atoms with Crippen LogP contribution in [0.15, 0.2) is 48.5 Å². The Morgan fingerprint density at radius 3 is 2.40 bits per heavy atom. The quantitative estimate of drug-likeness (QED) is 0.882. The summed E-state index contributed by atoms with van der Waals surface area (Å²) in [7, 11) is 0. The second-order valence-corrected chi connectivity index (χ2v) is 4.54. The molecule has 106 valence electrons. The molecule has 0 bridgehead atoms. The van der Waals surface area contributed by atoms with E-state index in [2.05, 4.69) is 0 Å². The predicted molar refractivity (Wildman–Crippen MR) is 71.2 cm³/mol. The minimum absolute atomic E-state index is 0.106. The van der Waals surface area contributed by atoms with Crippen molar-refractivity contribution >= 4 is 0 Å². The van der Waals surface area contributed by atoms with Crippen molar-refractivity contribution in [3.05, 3.63) is 65.7 Å². The van der Waals surface area contributed by atoms with Gasteiger partial charge < -0.3 is 15.6 Å². The maximum atomic E-state index is 13.5. The molecule has 3 N–H and O–H groups in total. The molecule has 0 amide bonds. The third-order valence-electron chi connectivity index (χ3n) is 3.01. The van der Waals surface area contributed by atoms with Crippen molar-refractivity contribution < 1.29 is 18.6 Å². The predicted octanol–water partition coefficient (Wildman–Crippen LogP) is 2.19. The summed E-state index contributed by atoms with van der Waals surface area (Å²) in [6.45, 7) is -0.490. The molecule has 0 spiro atoms. The van der Waals surface area contributed by atoms with Crippen LogP contribution in [0.5, 0.6) is 5.75 Å². The molecule has 3 nitrogen and oxygen atoms in total. The smallest absolute Gasteiger partial charge is 0.167 e. The highest BCUT2D eigenvalue weighted by molar-refractivity contribution is 5.27. The normalized spacial score (nSPS) is 13.8. The van der Waals surface area contributed by atoms with Crippen LogP contribution in [0.2, 0.25) is 0 Å². The van der Waals surface area contributed by atoms with Gasteiger partial charge >= 0.3 is 0 Å². The highest BCUT2D eigenvalue weighted by Crippen LogP contribution is 2.22. The molecule has 0 aliphatic heterocycles. The number of benzene rings is 2. The van der Waals surface area contributed by atoms with Crippen LogP contribution in [-0.4, -0.2) is 18.3 Å². The minimum Gasteiger partial charge on any atom is -0.488 e. The fourth-order valence-electron chi connectivity index (χ4n) is 1.79. The standard InChI is InChI=1S/C15H15F2NO2/c16-12-6-7-14(13(17)8-12)20-10-15(18,9-19)11-4-2-1-3-5-11/h1-8,19H,9-10,18H2. The van der Waals surface area contributed by atoms with Crippen molar-refractivity contribution in [3.8, 4) is 5.75 Å². The van der Waals surface area contributed by atoms with Crippen molar-refractivity contribution in [1.82, 2.24) is 0 Å². The molecule has 2 aromatic rings. The van der Waals surface area contributed by atoms with E-state index in [0.29, 0.717) is 5.56 Å². The summed E-state index contributed by atoms with van der Waals surface area (Å²) in [5, 5.41) is 9.47. The lowest BCUT2D eigenvalue weighted by atomic mass is 9.93. The van der Waals surface area contributed by atoms with E-state index in [1.807, 2.05) is 6.07 Å². The molecule has 1 unspecified atom stereocenters. The molecule has 0 aliphatic rings. The van der Waals surface area contributed by atoms with Gasteiger partial charge in [0.2, 0.25) is 0 Å². The summed E-state index contributed by atoms with van der Waals surface area (Å²) in [6.07, 6.45) is 0. The average Bonchev–Trinajstić information content (AvgIpc) is 2.47. The number of aliphatic hydroxyl groups is 1. The van der Waals surface area contributed by atoms with Crippen LogP contribution in [0, 0.1) is 11.6 Å². The van der Waals surface area contributed by atoms with Gasteiger partial charge in [-0.15, -0.1) is 0 Å². The summed E-state index contributed by atoms with van der Waals surface area (Å²) in [5.41, 5.74) is 5.60. The van der Waals surface area contributed by atoms with E-state index in [9.17, 15) is 13.9 Å². The van der Waals surface area contributed by atoms with E-state index >= 15 is 0 Å². The van der Waals surface area contributed by atoms with Crippen LogP contribution in [0.25, 0.3) is 0 Å². The van der Waals surface area contributed by atoms with Crippen LogP contribution in [0.3, 0.4) is 0 Å². The first-order valence-corrected chi connectivity index (χ1v) is 6.08. The van der Waals surface area contributed by atoms with Crippen LogP contribution < -0.4 is 10.5 Å². The van der Waals surface area contributed by atoms with Gasteiger partial charge in [0.1, 0.15) is 12.4 Å². The maximum Gasteiger partial charge on any atom is 0.167 e. The fourth-order valence-corrected chi connectivity index (χ4v) is 1.79. The number of hydrogen-bond acceptors (Lipinski definition) is 3. The molecule has 0 fully saturated rings. The monoisotopic (exact) mass is 279 g/mol. The molecular weight excluding hydrogens is 264 g/mol. The Morgan fingerprint density at radius 2 is 1.80 bits per heavy atom. The number of halogens is 2. The number of ether oxygens (including phenoxy) is 1. The SMILES string of the molecule is NC(CO)(COc1ccc(F)cc1F)c1ccccc1. The number of rotatable bonds is 5. The molecule has 1 atom stereocenters. The number of hydrogen-bond donors (Lipinski definition) is 2. The second-order valence-electron chi connectivity index (χ2n) is 4.54. The van der Waals surface area contributed by atoms with E-state index in [1.165, 1.54) is 6.07 Å². The third-order valence-corrected chi connectivity index (χ3v) is 3.01. The fraction of sp³-hybridized carbons (Fsp3) is 0.200. The highest BCUT2D eigenvalue weighted by Gasteiger charge is 2.28. The molecule has 0 heterocycles. The van der Waals surface area contributed by atoms with Crippen LogP contribution in [0.4, 0.5) is 8.78 Å². The van der Waals surface area contributed by atoms with Gasteiger partial charge in [-0.2, -0.15) is 0 Å². The van der Waals surface area contributed by atoms with E-state index in [1.54, 1.807) is 24.3 Å². The van der Waals surface area contributed by atoms with Crippen LogP contribution in [-0.2, 0) is 5.54 Å². The molecule has 0 aliphatic carbocycles. The van der Waals surface area contributed by atoms with Gasteiger partial charge in [-0.1, -0.05) is 30.3 Å². The molecular formula is C15H15F2NO2. The largest absolute Gasteiger partial charge is 0.488 e. The molecule has 0 aromatic heterocycles. The van der Waals surface area contributed by atoms with Crippen molar-refractivity contribution in [2.24, 2.45) is 5.73 Å².